The lowest BCUT2D eigenvalue weighted by atomic mass is 10.2. The van der Waals surface area contributed by atoms with Gasteiger partial charge in [0.1, 0.15) is 17.3 Å². The Morgan fingerprint density at radius 2 is 1.97 bits per heavy atom. The second-order valence-electron chi connectivity index (χ2n) is 6.64. The number of aromatic nitrogens is 2. The van der Waals surface area contributed by atoms with Gasteiger partial charge in [-0.15, -0.1) is 0 Å². The number of carbonyl (C=O) groups is 1. The van der Waals surface area contributed by atoms with E-state index in [1.807, 2.05) is 23.6 Å². The van der Waals surface area contributed by atoms with Crippen molar-refractivity contribution in [3.05, 3.63) is 71.1 Å². The highest BCUT2D eigenvalue weighted by atomic mass is 32.1. The van der Waals surface area contributed by atoms with Crippen LogP contribution in [0, 0.1) is 12.7 Å². The number of hydrogen-bond donors (Lipinski definition) is 1. The molecule has 1 N–H and O–H groups in total. The second kappa shape index (κ2) is 8.54. The Labute approximate surface area is 176 Å². The quantitative estimate of drug-likeness (QED) is 0.482. The lowest BCUT2D eigenvalue weighted by Gasteiger charge is -2.08. The fourth-order valence-electron chi connectivity index (χ4n) is 2.99. The SMILES string of the molecule is COc1cccc(OCC(=O)NCc2sc3nc(-c4ccc(F)cc4)cn3c2C)c1. The minimum Gasteiger partial charge on any atom is -0.497 e. The molecule has 0 spiro atoms. The Balaban J connectivity index is 1.37. The number of nitrogens with zero attached hydrogens (tertiary/aromatic N) is 2. The first kappa shape index (κ1) is 19.9. The summed E-state index contributed by atoms with van der Waals surface area (Å²) >= 11 is 1.51. The molecule has 0 unspecified atom stereocenters. The lowest BCUT2D eigenvalue weighted by molar-refractivity contribution is -0.123. The molecular formula is C22H20FN3O3S. The molecule has 1 amide bonds. The van der Waals surface area contributed by atoms with Gasteiger partial charge in [-0.1, -0.05) is 17.4 Å². The van der Waals surface area contributed by atoms with Crippen LogP contribution in [0.15, 0.2) is 54.7 Å². The van der Waals surface area contributed by atoms with Crippen LogP contribution in [0.2, 0.25) is 0 Å². The Hall–Kier alpha value is -3.39. The highest BCUT2D eigenvalue weighted by Gasteiger charge is 2.14. The summed E-state index contributed by atoms with van der Waals surface area (Å²) < 4.78 is 25.8. The Kier molecular flexibility index (Phi) is 5.67. The number of aryl methyl sites for hydroxylation is 1. The molecule has 0 saturated carbocycles. The normalized spacial score (nSPS) is 10.9. The first-order chi connectivity index (χ1) is 14.5. The van der Waals surface area contributed by atoms with Gasteiger partial charge in [-0.05, 0) is 43.3 Å². The van der Waals surface area contributed by atoms with E-state index in [1.165, 1.54) is 23.5 Å². The smallest absolute Gasteiger partial charge is 0.258 e. The van der Waals surface area contributed by atoms with Crippen LogP contribution in [0.25, 0.3) is 16.2 Å². The topological polar surface area (TPSA) is 64.9 Å². The number of thiazole rings is 1. The molecule has 4 rings (SSSR count). The number of fused-ring (bicyclic) bond motifs is 1. The van der Waals surface area contributed by atoms with Gasteiger partial charge >= 0.3 is 0 Å². The van der Waals surface area contributed by atoms with Crippen molar-refractivity contribution in [2.24, 2.45) is 0 Å². The molecule has 8 heteroatoms. The van der Waals surface area contributed by atoms with E-state index in [9.17, 15) is 9.18 Å². The van der Waals surface area contributed by atoms with E-state index < -0.39 is 0 Å². The van der Waals surface area contributed by atoms with Crippen molar-refractivity contribution in [2.75, 3.05) is 13.7 Å². The van der Waals surface area contributed by atoms with E-state index in [-0.39, 0.29) is 18.3 Å². The highest BCUT2D eigenvalue weighted by molar-refractivity contribution is 7.17. The molecule has 0 aliphatic rings. The fraction of sp³-hybridized carbons (Fsp3) is 0.182. The Bertz CT molecular complexity index is 1180. The van der Waals surface area contributed by atoms with Gasteiger partial charge in [0.05, 0.1) is 19.3 Å². The summed E-state index contributed by atoms with van der Waals surface area (Å²) in [6.07, 6.45) is 1.92. The second-order valence-corrected chi connectivity index (χ2v) is 7.70. The molecule has 154 valence electrons. The van der Waals surface area contributed by atoms with Crippen LogP contribution >= 0.6 is 11.3 Å². The molecule has 0 aliphatic heterocycles. The Morgan fingerprint density at radius 3 is 2.70 bits per heavy atom. The number of methoxy groups -OCH3 is 1. The average Bonchev–Trinajstić information content (AvgIpc) is 3.30. The molecule has 0 fully saturated rings. The number of hydrogen-bond acceptors (Lipinski definition) is 5. The van der Waals surface area contributed by atoms with Crippen LogP contribution in [0.4, 0.5) is 4.39 Å². The predicted octanol–water partition coefficient (Wildman–Crippen LogP) is 4.21. The number of imidazole rings is 1. The van der Waals surface area contributed by atoms with Crippen LogP contribution in [0.1, 0.15) is 10.6 Å². The van der Waals surface area contributed by atoms with Crippen molar-refractivity contribution in [1.29, 1.82) is 0 Å². The third-order valence-electron chi connectivity index (χ3n) is 4.65. The first-order valence-corrected chi connectivity index (χ1v) is 10.1. The molecule has 0 saturated heterocycles. The summed E-state index contributed by atoms with van der Waals surface area (Å²) in [6.45, 7) is 2.29. The molecule has 30 heavy (non-hydrogen) atoms. The maximum Gasteiger partial charge on any atom is 0.258 e. The average molecular weight is 425 g/mol. The van der Waals surface area contributed by atoms with Gasteiger partial charge in [0.25, 0.3) is 5.91 Å². The number of benzene rings is 2. The third-order valence-corrected chi connectivity index (χ3v) is 5.81. The van der Waals surface area contributed by atoms with Gasteiger partial charge in [-0.2, -0.15) is 0 Å². The largest absolute Gasteiger partial charge is 0.497 e. The summed E-state index contributed by atoms with van der Waals surface area (Å²) in [5.74, 6) is 0.758. The molecule has 2 aromatic heterocycles. The zero-order valence-corrected chi connectivity index (χ0v) is 17.3. The van der Waals surface area contributed by atoms with E-state index in [2.05, 4.69) is 10.3 Å². The molecule has 2 aromatic carbocycles. The minimum atomic E-state index is -0.274. The number of rotatable bonds is 7. The van der Waals surface area contributed by atoms with Crippen LogP contribution in [0.3, 0.4) is 0 Å². The van der Waals surface area contributed by atoms with Crippen LogP contribution in [-0.2, 0) is 11.3 Å². The zero-order chi connectivity index (χ0) is 21.1. The molecule has 0 aliphatic carbocycles. The van der Waals surface area contributed by atoms with E-state index in [0.717, 1.165) is 26.8 Å². The number of ether oxygens (including phenoxy) is 2. The van der Waals surface area contributed by atoms with Crippen molar-refractivity contribution < 1.29 is 18.7 Å². The van der Waals surface area contributed by atoms with Crippen LogP contribution in [0.5, 0.6) is 11.5 Å². The summed E-state index contributed by atoms with van der Waals surface area (Å²) in [6, 6.07) is 13.4. The van der Waals surface area contributed by atoms with Gasteiger partial charge in [0, 0.05) is 28.4 Å². The van der Waals surface area contributed by atoms with Crippen molar-refractivity contribution in [2.45, 2.75) is 13.5 Å². The zero-order valence-electron chi connectivity index (χ0n) is 16.5. The first-order valence-electron chi connectivity index (χ1n) is 9.30. The van der Waals surface area contributed by atoms with E-state index in [4.69, 9.17) is 9.47 Å². The predicted molar refractivity (Wildman–Crippen MR) is 114 cm³/mol. The lowest BCUT2D eigenvalue weighted by Crippen LogP contribution is -2.28. The van der Waals surface area contributed by atoms with Crippen molar-refractivity contribution in [3.63, 3.8) is 0 Å². The summed E-state index contributed by atoms with van der Waals surface area (Å²) in [5.41, 5.74) is 2.65. The maximum absolute atomic E-state index is 13.1. The molecule has 0 bridgehead atoms. The standard InChI is InChI=1S/C22H20FN3O3S/c1-14-20(11-24-21(27)13-29-18-5-3-4-17(10-18)28-2)30-22-25-19(12-26(14)22)15-6-8-16(23)9-7-15/h3-10,12H,11,13H2,1-2H3,(H,24,27). The number of carbonyl (C=O) groups excluding carboxylic acids is 1. The number of halogens is 1. The monoisotopic (exact) mass is 425 g/mol. The van der Waals surface area contributed by atoms with E-state index in [0.29, 0.717) is 18.0 Å². The summed E-state index contributed by atoms with van der Waals surface area (Å²) in [4.78, 5) is 18.6. The van der Waals surface area contributed by atoms with Crippen LogP contribution < -0.4 is 14.8 Å². The maximum atomic E-state index is 13.1. The van der Waals surface area contributed by atoms with Gasteiger partial charge in [0.2, 0.25) is 0 Å². The highest BCUT2D eigenvalue weighted by Crippen LogP contribution is 2.27. The summed E-state index contributed by atoms with van der Waals surface area (Å²) in [5, 5.41) is 2.87. The molecule has 0 atom stereocenters. The summed E-state index contributed by atoms with van der Waals surface area (Å²) in [7, 11) is 1.58. The number of amides is 1. The fourth-order valence-corrected chi connectivity index (χ4v) is 4.03. The van der Waals surface area contributed by atoms with Gasteiger partial charge in [-0.3, -0.25) is 9.20 Å². The Morgan fingerprint density at radius 1 is 1.20 bits per heavy atom. The molecule has 2 heterocycles. The van der Waals surface area contributed by atoms with E-state index in [1.54, 1.807) is 37.4 Å². The van der Waals surface area contributed by atoms with Gasteiger partial charge in [0.15, 0.2) is 11.6 Å². The van der Waals surface area contributed by atoms with Crippen LogP contribution in [-0.4, -0.2) is 29.0 Å². The third kappa shape index (κ3) is 4.28. The minimum absolute atomic E-state index is 0.0799. The molecule has 6 nitrogen and oxygen atoms in total. The molecule has 4 aromatic rings. The van der Waals surface area contributed by atoms with Crippen molar-refractivity contribution in [3.8, 4) is 22.8 Å². The molecule has 0 radical (unpaired) electrons. The van der Waals surface area contributed by atoms with E-state index >= 15 is 0 Å². The van der Waals surface area contributed by atoms with Gasteiger partial charge < -0.3 is 14.8 Å². The van der Waals surface area contributed by atoms with Gasteiger partial charge in [-0.25, -0.2) is 9.37 Å². The van der Waals surface area contributed by atoms with Crippen molar-refractivity contribution in [1.82, 2.24) is 14.7 Å². The number of nitrogens with one attached hydrogen (secondary N) is 1. The van der Waals surface area contributed by atoms with Crippen molar-refractivity contribution >= 4 is 22.2 Å². The molecular weight excluding hydrogens is 405 g/mol.